The number of nitrogens with zero attached hydrogens (tertiary/aromatic N) is 1. The molecule has 0 saturated carbocycles. The summed E-state index contributed by atoms with van der Waals surface area (Å²) in [4.78, 5) is 29.1. The molecule has 0 saturated heterocycles. The molecule has 0 aliphatic carbocycles. The molecule has 1 aliphatic rings. The van der Waals surface area contributed by atoms with Gasteiger partial charge in [-0.2, -0.15) is 0 Å². The first-order chi connectivity index (χ1) is 13.2. The number of nitrogens with one attached hydrogen (secondary N) is 1. The number of carbonyl (C=O) groups is 2. The van der Waals surface area contributed by atoms with Crippen LogP contribution in [0, 0.1) is 0 Å². The highest BCUT2D eigenvalue weighted by atomic mass is 32.1. The number of hydrogen-bond donors (Lipinski definition) is 1. The molecule has 2 heterocycles. The molecule has 0 bridgehead atoms. The first kappa shape index (κ1) is 19.5. The predicted octanol–water partition coefficient (Wildman–Crippen LogP) is 2.44. The molecule has 0 fully saturated rings. The zero-order valence-electron chi connectivity index (χ0n) is 15.5. The monoisotopic (exact) mass is 388 g/mol. The van der Waals surface area contributed by atoms with E-state index in [1.165, 1.54) is 0 Å². The lowest BCUT2D eigenvalue weighted by atomic mass is 9.81. The van der Waals surface area contributed by atoms with Gasteiger partial charge in [0.2, 0.25) is 5.91 Å². The van der Waals surface area contributed by atoms with Crippen LogP contribution in [0.5, 0.6) is 0 Å². The number of fused-ring (bicyclic) bond motifs is 1. The first-order valence-corrected chi connectivity index (χ1v) is 9.76. The van der Waals surface area contributed by atoms with E-state index in [4.69, 9.17) is 9.47 Å². The summed E-state index contributed by atoms with van der Waals surface area (Å²) in [5.74, 6) is -0.652. The fraction of sp³-hybridized carbons (Fsp3) is 0.400. The molecule has 0 radical (unpaired) electrons. The van der Waals surface area contributed by atoms with Crippen LogP contribution in [0.4, 0.5) is 0 Å². The number of methoxy groups -OCH3 is 2. The van der Waals surface area contributed by atoms with Crippen molar-refractivity contribution in [3.8, 4) is 0 Å². The maximum absolute atomic E-state index is 13.2. The highest BCUT2D eigenvalue weighted by Crippen LogP contribution is 2.44. The standard InChI is InChI=1S/C20H24N2O4S/c1-25-11-9-21-19(23)17-14-6-3-4-7-15(14)20(24)22(10-12-26-2)18(17)16-8-5-13-27-16/h3-8,13,17-18H,9-12H2,1-2H3,(H,21,23)/t17-,18+/m1/s1. The Labute approximate surface area is 163 Å². The summed E-state index contributed by atoms with van der Waals surface area (Å²) < 4.78 is 10.3. The average Bonchev–Trinajstić information content (AvgIpc) is 3.21. The normalized spacial score (nSPS) is 19.0. The summed E-state index contributed by atoms with van der Waals surface area (Å²) in [6.45, 7) is 1.70. The number of ether oxygens (including phenoxy) is 2. The molecule has 7 heteroatoms. The average molecular weight is 388 g/mol. The summed E-state index contributed by atoms with van der Waals surface area (Å²) in [5.41, 5.74) is 1.35. The van der Waals surface area contributed by atoms with Crippen LogP contribution in [-0.4, -0.2) is 57.2 Å². The minimum Gasteiger partial charge on any atom is -0.383 e. The number of amides is 2. The summed E-state index contributed by atoms with van der Waals surface area (Å²) in [6, 6.07) is 10.9. The quantitative estimate of drug-likeness (QED) is 0.706. The number of thiophene rings is 1. The largest absolute Gasteiger partial charge is 0.383 e. The van der Waals surface area contributed by atoms with Gasteiger partial charge in [0, 0.05) is 37.7 Å². The smallest absolute Gasteiger partial charge is 0.254 e. The van der Waals surface area contributed by atoms with Gasteiger partial charge in [0.05, 0.1) is 25.2 Å². The number of benzene rings is 1. The molecule has 2 amide bonds. The fourth-order valence-corrected chi connectivity index (χ4v) is 4.35. The van der Waals surface area contributed by atoms with Crippen molar-refractivity contribution in [3.63, 3.8) is 0 Å². The Morgan fingerprint density at radius 2 is 1.93 bits per heavy atom. The molecule has 2 aromatic rings. The predicted molar refractivity (Wildman–Crippen MR) is 104 cm³/mol. The van der Waals surface area contributed by atoms with Crippen LogP contribution in [0.15, 0.2) is 41.8 Å². The third-order valence-corrected chi connectivity index (χ3v) is 5.64. The molecule has 1 aliphatic heterocycles. The van der Waals surface area contributed by atoms with Crippen LogP contribution in [0.25, 0.3) is 0 Å². The van der Waals surface area contributed by atoms with Gasteiger partial charge in [-0.3, -0.25) is 9.59 Å². The molecule has 2 atom stereocenters. The second-order valence-electron chi connectivity index (χ2n) is 6.30. The molecule has 0 unspecified atom stereocenters. The molecule has 1 N–H and O–H groups in total. The van der Waals surface area contributed by atoms with Crippen LogP contribution in [0.1, 0.15) is 32.8 Å². The molecular formula is C20H24N2O4S. The van der Waals surface area contributed by atoms with Crippen LogP contribution in [0.2, 0.25) is 0 Å². The molecule has 6 nitrogen and oxygen atoms in total. The van der Waals surface area contributed by atoms with Gasteiger partial charge in [-0.25, -0.2) is 0 Å². The fourth-order valence-electron chi connectivity index (χ4n) is 3.47. The lowest BCUT2D eigenvalue weighted by molar-refractivity contribution is -0.124. The molecule has 144 valence electrons. The minimum atomic E-state index is -0.480. The maximum Gasteiger partial charge on any atom is 0.254 e. The highest BCUT2D eigenvalue weighted by Gasteiger charge is 2.44. The zero-order chi connectivity index (χ0) is 19.2. The molecular weight excluding hydrogens is 364 g/mol. The number of carbonyl (C=O) groups excluding carboxylic acids is 2. The highest BCUT2D eigenvalue weighted by molar-refractivity contribution is 7.10. The van der Waals surface area contributed by atoms with Crippen LogP contribution >= 0.6 is 11.3 Å². The van der Waals surface area contributed by atoms with E-state index in [1.54, 1.807) is 36.5 Å². The van der Waals surface area contributed by atoms with Crippen molar-refractivity contribution in [2.75, 3.05) is 40.5 Å². The zero-order valence-corrected chi connectivity index (χ0v) is 16.3. The second kappa shape index (κ2) is 9.12. The first-order valence-electron chi connectivity index (χ1n) is 8.88. The van der Waals surface area contributed by atoms with Crippen molar-refractivity contribution in [1.29, 1.82) is 0 Å². The molecule has 27 heavy (non-hydrogen) atoms. The van der Waals surface area contributed by atoms with Gasteiger partial charge in [0.25, 0.3) is 5.91 Å². The van der Waals surface area contributed by atoms with Crippen molar-refractivity contribution < 1.29 is 19.1 Å². The summed E-state index contributed by atoms with van der Waals surface area (Å²) >= 11 is 1.55. The van der Waals surface area contributed by atoms with E-state index >= 15 is 0 Å². The molecule has 1 aromatic carbocycles. The van der Waals surface area contributed by atoms with E-state index in [9.17, 15) is 9.59 Å². The van der Waals surface area contributed by atoms with Gasteiger partial charge in [-0.1, -0.05) is 24.3 Å². The summed E-state index contributed by atoms with van der Waals surface area (Å²) in [7, 11) is 3.21. The Morgan fingerprint density at radius 3 is 2.63 bits per heavy atom. The van der Waals surface area contributed by atoms with E-state index in [2.05, 4.69) is 5.32 Å². The Morgan fingerprint density at radius 1 is 1.15 bits per heavy atom. The van der Waals surface area contributed by atoms with Crippen molar-refractivity contribution in [2.24, 2.45) is 0 Å². The van der Waals surface area contributed by atoms with Gasteiger partial charge in [0.15, 0.2) is 0 Å². The van der Waals surface area contributed by atoms with Crippen molar-refractivity contribution in [3.05, 3.63) is 57.8 Å². The van der Waals surface area contributed by atoms with E-state index < -0.39 is 5.92 Å². The van der Waals surface area contributed by atoms with E-state index in [0.29, 0.717) is 31.9 Å². The SMILES string of the molecule is COCCNC(=O)[C@@H]1c2ccccc2C(=O)N(CCOC)[C@H]1c1cccs1. The van der Waals surface area contributed by atoms with Gasteiger partial charge in [0.1, 0.15) is 0 Å². The van der Waals surface area contributed by atoms with Crippen LogP contribution < -0.4 is 5.32 Å². The lowest BCUT2D eigenvalue weighted by Gasteiger charge is -2.41. The van der Waals surface area contributed by atoms with Crippen molar-refractivity contribution >= 4 is 23.2 Å². The molecule has 1 aromatic heterocycles. The van der Waals surface area contributed by atoms with Crippen molar-refractivity contribution in [1.82, 2.24) is 10.2 Å². The van der Waals surface area contributed by atoms with E-state index in [-0.39, 0.29) is 17.9 Å². The summed E-state index contributed by atoms with van der Waals surface area (Å²) in [6.07, 6.45) is 0. The third kappa shape index (κ3) is 4.05. The lowest BCUT2D eigenvalue weighted by Crippen LogP contribution is -2.48. The molecule has 3 rings (SSSR count). The Hall–Kier alpha value is -2.22. The van der Waals surface area contributed by atoms with Gasteiger partial charge >= 0.3 is 0 Å². The van der Waals surface area contributed by atoms with Gasteiger partial charge < -0.3 is 19.7 Å². The van der Waals surface area contributed by atoms with Crippen LogP contribution in [-0.2, 0) is 14.3 Å². The minimum absolute atomic E-state index is 0.0676. The Balaban J connectivity index is 2.05. The van der Waals surface area contributed by atoms with E-state index in [0.717, 1.165) is 10.4 Å². The number of rotatable bonds is 8. The third-order valence-electron chi connectivity index (χ3n) is 4.70. The molecule has 0 spiro atoms. The number of hydrogen-bond acceptors (Lipinski definition) is 5. The van der Waals surface area contributed by atoms with Crippen LogP contribution in [0.3, 0.4) is 0 Å². The Kier molecular flexibility index (Phi) is 6.60. The van der Waals surface area contributed by atoms with Gasteiger partial charge in [-0.05, 0) is 23.1 Å². The topological polar surface area (TPSA) is 67.9 Å². The second-order valence-corrected chi connectivity index (χ2v) is 7.28. The maximum atomic E-state index is 13.2. The van der Waals surface area contributed by atoms with E-state index in [1.807, 2.05) is 35.7 Å². The van der Waals surface area contributed by atoms with Crippen molar-refractivity contribution in [2.45, 2.75) is 12.0 Å². The van der Waals surface area contributed by atoms with Gasteiger partial charge in [-0.15, -0.1) is 11.3 Å². The summed E-state index contributed by atoms with van der Waals surface area (Å²) in [5, 5.41) is 4.92. The Bertz CT molecular complexity index is 778.